The number of nitrogens with zero attached hydrogens (tertiary/aromatic N) is 3. The Bertz CT molecular complexity index is 1120. The third-order valence-corrected chi connectivity index (χ3v) is 5.56. The average Bonchev–Trinajstić information content (AvgIpc) is 2.79. The van der Waals surface area contributed by atoms with E-state index in [2.05, 4.69) is 9.97 Å². The van der Waals surface area contributed by atoms with E-state index in [9.17, 15) is 14.0 Å². The van der Waals surface area contributed by atoms with Crippen LogP contribution in [0.15, 0.2) is 48.8 Å². The minimum absolute atomic E-state index is 0.107. The highest BCUT2D eigenvalue weighted by atomic mass is 35.5. The molecule has 7 heteroatoms. The Morgan fingerprint density at radius 3 is 2.55 bits per heavy atom. The lowest BCUT2D eigenvalue weighted by molar-refractivity contribution is -0.118. The Balaban J connectivity index is 1.76. The van der Waals surface area contributed by atoms with Gasteiger partial charge in [-0.25, -0.2) is 9.37 Å². The first kappa shape index (κ1) is 22.6. The first-order valence-corrected chi connectivity index (χ1v) is 10.4. The lowest BCUT2D eigenvalue weighted by atomic mass is 9.99. The van der Waals surface area contributed by atoms with E-state index in [0.717, 1.165) is 5.56 Å². The molecular weight excluding hydrogens is 417 g/mol. The molecule has 0 bridgehead atoms. The Morgan fingerprint density at radius 1 is 1.13 bits per heavy atom. The average molecular weight is 440 g/mol. The number of Topliss-reactive ketones (excluding diaryl/α,β-unsaturated/α-hetero) is 1. The molecular formula is C24H23ClFN3O2. The number of aromatic nitrogens is 2. The highest BCUT2D eigenvalue weighted by Crippen LogP contribution is 2.31. The van der Waals surface area contributed by atoms with E-state index in [-0.39, 0.29) is 23.8 Å². The zero-order valence-electron chi connectivity index (χ0n) is 17.7. The van der Waals surface area contributed by atoms with E-state index in [1.165, 1.54) is 4.90 Å². The molecule has 0 unspecified atom stereocenters. The maximum Gasteiger partial charge on any atom is 0.226 e. The Kier molecular flexibility index (Phi) is 7.13. The molecule has 0 fully saturated rings. The van der Waals surface area contributed by atoms with Crippen LogP contribution in [0.5, 0.6) is 0 Å². The summed E-state index contributed by atoms with van der Waals surface area (Å²) < 4.78 is 14.9. The van der Waals surface area contributed by atoms with E-state index in [1.807, 2.05) is 6.07 Å². The van der Waals surface area contributed by atoms with Crippen LogP contribution in [0, 0.1) is 12.7 Å². The standard InChI is InChI=1S/C24H23ClFN3O2/c1-4-22(31)29(3)20-11-9-18(15(2)23(20)26)17-7-10-19(28-14-17)21(30)12-8-16-6-5-13-27-24(16)25/h5-7,9-11,13-14H,4,8,12H2,1-3H3. The summed E-state index contributed by atoms with van der Waals surface area (Å²) in [5.74, 6) is -0.720. The van der Waals surface area contributed by atoms with Crippen molar-refractivity contribution in [2.24, 2.45) is 0 Å². The van der Waals surface area contributed by atoms with E-state index in [0.29, 0.717) is 40.4 Å². The van der Waals surface area contributed by atoms with Gasteiger partial charge in [0.1, 0.15) is 16.7 Å². The van der Waals surface area contributed by atoms with Crippen LogP contribution in [-0.4, -0.2) is 28.7 Å². The molecule has 0 saturated carbocycles. The van der Waals surface area contributed by atoms with Gasteiger partial charge in [0.15, 0.2) is 5.78 Å². The van der Waals surface area contributed by atoms with Crippen molar-refractivity contribution in [2.45, 2.75) is 33.1 Å². The van der Waals surface area contributed by atoms with Gasteiger partial charge < -0.3 is 4.90 Å². The van der Waals surface area contributed by atoms with Crippen LogP contribution in [0.1, 0.15) is 41.4 Å². The van der Waals surface area contributed by atoms with Crippen LogP contribution in [0.2, 0.25) is 5.15 Å². The van der Waals surface area contributed by atoms with Crippen molar-refractivity contribution in [2.75, 3.05) is 11.9 Å². The first-order valence-electron chi connectivity index (χ1n) is 9.98. The SMILES string of the molecule is CCC(=O)N(C)c1ccc(-c2ccc(C(=O)CCc3cccnc3Cl)nc2)c(C)c1F. The molecule has 1 amide bonds. The van der Waals surface area contributed by atoms with Gasteiger partial charge in [-0.15, -0.1) is 0 Å². The van der Waals surface area contributed by atoms with E-state index in [1.54, 1.807) is 63.6 Å². The van der Waals surface area contributed by atoms with Crippen molar-refractivity contribution >= 4 is 29.0 Å². The van der Waals surface area contributed by atoms with Crippen molar-refractivity contribution in [3.63, 3.8) is 0 Å². The number of pyridine rings is 2. The number of ketones is 1. The van der Waals surface area contributed by atoms with Crippen molar-refractivity contribution < 1.29 is 14.0 Å². The molecule has 0 spiro atoms. The molecule has 0 aliphatic heterocycles. The van der Waals surface area contributed by atoms with Crippen LogP contribution in [0.3, 0.4) is 0 Å². The molecule has 0 aliphatic rings. The molecule has 0 atom stereocenters. The number of amides is 1. The van der Waals surface area contributed by atoms with Gasteiger partial charge >= 0.3 is 0 Å². The molecule has 0 radical (unpaired) electrons. The molecule has 0 saturated heterocycles. The fourth-order valence-electron chi connectivity index (χ4n) is 3.31. The molecule has 2 aromatic heterocycles. The van der Waals surface area contributed by atoms with Gasteiger partial charge in [0, 0.05) is 37.8 Å². The second kappa shape index (κ2) is 9.79. The fourth-order valence-corrected chi connectivity index (χ4v) is 3.53. The Labute approximate surface area is 185 Å². The molecule has 3 aromatic rings. The van der Waals surface area contributed by atoms with E-state index < -0.39 is 5.82 Å². The highest BCUT2D eigenvalue weighted by molar-refractivity contribution is 6.30. The van der Waals surface area contributed by atoms with E-state index >= 15 is 0 Å². The monoisotopic (exact) mass is 439 g/mol. The summed E-state index contributed by atoms with van der Waals surface area (Å²) in [5.41, 5.74) is 3.16. The number of anilines is 1. The third-order valence-electron chi connectivity index (χ3n) is 5.22. The summed E-state index contributed by atoms with van der Waals surface area (Å²) in [5, 5.41) is 0.394. The van der Waals surface area contributed by atoms with Gasteiger partial charge in [0.25, 0.3) is 0 Å². The number of carbonyl (C=O) groups excluding carboxylic acids is 2. The normalized spacial score (nSPS) is 10.7. The Hall–Kier alpha value is -3.12. The van der Waals surface area contributed by atoms with Gasteiger partial charge in [0.05, 0.1) is 5.69 Å². The maximum absolute atomic E-state index is 14.9. The third kappa shape index (κ3) is 4.97. The predicted octanol–water partition coefficient (Wildman–Crippen LogP) is 5.43. The number of carbonyl (C=O) groups is 2. The number of halogens is 2. The van der Waals surface area contributed by atoms with Gasteiger partial charge in [-0.05, 0) is 48.2 Å². The summed E-state index contributed by atoms with van der Waals surface area (Å²) in [6.07, 6.45) is 4.20. The summed E-state index contributed by atoms with van der Waals surface area (Å²) in [6, 6.07) is 10.4. The van der Waals surface area contributed by atoms with Crippen LogP contribution >= 0.6 is 11.6 Å². The minimum Gasteiger partial charge on any atom is -0.313 e. The summed E-state index contributed by atoms with van der Waals surface area (Å²) >= 11 is 6.04. The smallest absolute Gasteiger partial charge is 0.226 e. The Morgan fingerprint density at radius 2 is 1.90 bits per heavy atom. The minimum atomic E-state index is -0.449. The number of benzene rings is 1. The number of aryl methyl sites for hydroxylation is 1. The highest BCUT2D eigenvalue weighted by Gasteiger charge is 2.18. The number of hydrogen-bond donors (Lipinski definition) is 0. The van der Waals surface area contributed by atoms with Gasteiger partial charge in [0.2, 0.25) is 5.91 Å². The molecule has 160 valence electrons. The molecule has 31 heavy (non-hydrogen) atoms. The zero-order chi connectivity index (χ0) is 22.5. The van der Waals surface area contributed by atoms with Crippen LogP contribution < -0.4 is 4.90 Å². The van der Waals surface area contributed by atoms with Crippen molar-refractivity contribution in [1.82, 2.24) is 9.97 Å². The quantitative estimate of drug-likeness (QED) is 0.363. The lowest BCUT2D eigenvalue weighted by Gasteiger charge is -2.19. The second-order valence-corrected chi connectivity index (χ2v) is 7.54. The fraction of sp³-hybridized carbons (Fsp3) is 0.250. The van der Waals surface area contributed by atoms with E-state index in [4.69, 9.17) is 11.6 Å². The zero-order valence-corrected chi connectivity index (χ0v) is 18.4. The lowest BCUT2D eigenvalue weighted by Crippen LogP contribution is -2.26. The summed E-state index contributed by atoms with van der Waals surface area (Å²) in [4.78, 5) is 34.0. The van der Waals surface area contributed by atoms with Crippen molar-refractivity contribution in [3.05, 3.63) is 76.6 Å². The van der Waals surface area contributed by atoms with Gasteiger partial charge in [-0.1, -0.05) is 36.7 Å². The molecule has 1 aromatic carbocycles. The second-order valence-electron chi connectivity index (χ2n) is 7.19. The first-order chi connectivity index (χ1) is 14.8. The molecule has 0 aliphatic carbocycles. The van der Waals surface area contributed by atoms with Gasteiger partial charge in [-0.3, -0.25) is 14.6 Å². The summed E-state index contributed by atoms with van der Waals surface area (Å²) in [6.45, 7) is 3.40. The number of hydrogen-bond acceptors (Lipinski definition) is 4. The summed E-state index contributed by atoms with van der Waals surface area (Å²) in [7, 11) is 1.56. The molecule has 3 rings (SSSR count). The molecule has 2 heterocycles. The largest absolute Gasteiger partial charge is 0.313 e. The molecule has 0 N–H and O–H groups in total. The maximum atomic E-state index is 14.9. The topological polar surface area (TPSA) is 63.2 Å². The van der Waals surface area contributed by atoms with Crippen molar-refractivity contribution in [3.8, 4) is 11.1 Å². The predicted molar refractivity (Wildman–Crippen MR) is 120 cm³/mol. The van der Waals surface area contributed by atoms with Crippen LogP contribution in [0.25, 0.3) is 11.1 Å². The molecule has 5 nitrogen and oxygen atoms in total. The van der Waals surface area contributed by atoms with Crippen molar-refractivity contribution in [1.29, 1.82) is 0 Å². The van der Waals surface area contributed by atoms with Gasteiger partial charge in [-0.2, -0.15) is 0 Å². The van der Waals surface area contributed by atoms with Crippen LogP contribution in [-0.2, 0) is 11.2 Å². The van der Waals surface area contributed by atoms with Crippen LogP contribution in [0.4, 0.5) is 10.1 Å². The number of rotatable bonds is 7.